The average molecular weight is 253 g/mol. The first-order chi connectivity index (χ1) is 6.68. The summed E-state index contributed by atoms with van der Waals surface area (Å²) in [5, 5.41) is -0.832. The van der Waals surface area contributed by atoms with E-state index < -0.39 is 15.3 Å². The Labute approximate surface area is 97.1 Å². The van der Waals surface area contributed by atoms with Gasteiger partial charge in [0.2, 0.25) is 10.0 Å². The minimum Gasteiger partial charge on any atom is -0.392 e. The summed E-state index contributed by atoms with van der Waals surface area (Å²) in [5.41, 5.74) is 5.29. The molecule has 0 aromatic carbocycles. The van der Waals surface area contributed by atoms with Crippen LogP contribution in [-0.2, 0) is 10.0 Å². The summed E-state index contributed by atoms with van der Waals surface area (Å²) in [5.74, 6) is 0. The Bertz CT molecular complexity index is 314. The van der Waals surface area contributed by atoms with Crippen LogP contribution in [0.25, 0.3) is 0 Å². The zero-order chi connectivity index (χ0) is 12.2. The van der Waals surface area contributed by atoms with Gasteiger partial charge in [-0.3, -0.25) is 0 Å². The Hall–Kier alpha value is -0.240. The predicted molar refractivity (Wildman–Crippen MR) is 66.3 cm³/mol. The van der Waals surface area contributed by atoms with Crippen molar-refractivity contribution < 1.29 is 8.42 Å². The maximum Gasteiger partial charge on any atom is 0.220 e. The van der Waals surface area contributed by atoms with Gasteiger partial charge in [0, 0.05) is 12.6 Å². The summed E-state index contributed by atoms with van der Waals surface area (Å²) in [4.78, 5) is 1.91. The first-order valence-electron chi connectivity index (χ1n) is 4.62. The van der Waals surface area contributed by atoms with E-state index in [2.05, 4.69) is 16.9 Å². The number of likely N-dealkylation sites (N-methyl/N-ethyl adjacent to an activating group) is 1. The second-order valence-electron chi connectivity index (χ2n) is 3.75. The second kappa shape index (κ2) is 5.74. The van der Waals surface area contributed by atoms with E-state index in [1.807, 2.05) is 25.9 Å². The smallest absolute Gasteiger partial charge is 0.220 e. The highest BCUT2D eigenvalue weighted by atomic mass is 32.2. The van der Waals surface area contributed by atoms with E-state index >= 15 is 0 Å². The van der Waals surface area contributed by atoms with Crippen LogP contribution in [0.1, 0.15) is 13.8 Å². The molecule has 2 unspecified atom stereocenters. The van der Waals surface area contributed by atoms with Crippen molar-refractivity contribution in [3.63, 3.8) is 0 Å². The van der Waals surface area contributed by atoms with Crippen molar-refractivity contribution in [2.75, 3.05) is 20.6 Å². The lowest BCUT2D eigenvalue weighted by Gasteiger charge is -2.21. The standard InChI is InChI=1S/C8H19N3O2S2/c1-6(11(3)4)5-10-15(12,13)7(2)8(9)14/h6-7,10H,5H2,1-4H3,(H2,9,14). The molecule has 0 saturated carbocycles. The van der Waals surface area contributed by atoms with Crippen molar-refractivity contribution in [2.24, 2.45) is 5.73 Å². The first kappa shape index (κ1) is 14.8. The highest BCUT2D eigenvalue weighted by Crippen LogP contribution is 1.99. The Morgan fingerprint density at radius 3 is 2.27 bits per heavy atom. The van der Waals surface area contributed by atoms with Crippen molar-refractivity contribution in [3.8, 4) is 0 Å². The third kappa shape index (κ3) is 4.87. The Morgan fingerprint density at radius 2 is 1.93 bits per heavy atom. The van der Waals surface area contributed by atoms with Crippen LogP contribution in [0.2, 0.25) is 0 Å². The monoisotopic (exact) mass is 253 g/mol. The summed E-state index contributed by atoms with van der Waals surface area (Å²) in [7, 11) is 0.339. The maximum absolute atomic E-state index is 11.6. The van der Waals surface area contributed by atoms with Gasteiger partial charge in [-0.05, 0) is 27.9 Å². The van der Waals surface area contributed by atoms with Crippen LogP contribution in [-0.4, -0.2) is 50.2 Å². The van der Waals surface area contributed by atoms with Crippen molar-refractivity contribution in [2.45, 2.75) is 25.1 Å². The minimum atomic E-state index is -3.43. The number of nitrogens with zero attached hydrogens (tertiary/aromatic N) is 1. The van der Waals surface area contributed by atoms with Gasteiger partial charge in [0.15, 0.2) is 0 Å². The van der Waals surface area contributed by atoms with Gasteiger partial charge in [-0.25, -0.2) is 13.1 Å². The van der Waals surface area contributed by atoms with Crippen LogP contribution in [0.15, 0.2) is 0 Å². The zero-order valence-corrected chi connectivity index (χ0v) is 11.2. The Morgan fingerprint density at radius 1 is 1.47 bits per heavy atom. The summed E-state index contributed by atoms with van der Waals surface area (Å²) in [6.07, 6.45) is 0. The molecule has 0 spiro atoms. The van der Waals surface area contributed by atoms with Crippen LogP contribution in [0.4, 0.5) is 0 Å². The average Bonchev–Trinajstić information content (AvgIpc) is 2.12. The van der Waals surface area contributed by atoms with Gasteiger partial charge >= 0.3 is 0 Å². The zero-order valence-electron chi connectivity index (χ0n) is 9.52. The van der Waals surface area contributed by atoms with Gasteiger partial charge < -0.3 is 10.6 Å². The van der Waals surface area contributed by atoms with Crippen LogP contribution in [0.5, 0.6) is 0 Å². The van der Waals surface area contributed by atoms with Gasteiger partial charge in [-0.2, -0.15) is 0 Å². The molecule has 0 saturated heterocycles. The minimum absolute atomic E-state index is 0.0139. The number of sulfonamides is 1. The molecule has 90 valence electrons. The summed E-state index contributed by atoms with van der Waals surface area (Å²) in [6.45, 7) is 3.75. The lowest BCUT2D eigenvalue weighted by Crippen LogP contribution is -2.44. The quantitative estimate of drug-likeness (QED) is 0.626. The molecule has 0 aliphatic carbocycles. The molecule has 0 fully saturated rings. The van der Waals surface area contributed by atoms with Crippen molar-refractivity contribution in [1.29, 1.82) is 0 Å². The number of hydrogen-bond acceptors (Lipinski definition) is 4. The van der Waals surface area contributed by atoms with Crippen molar-refractivity contribution in [1.82, 2.24) is 9.62 Å². The van der Waals surface area contributed by atoms with Crippen LogP contribution < -0.4 is 10.5 Å². The maximum atomic E-state index is 11.6. The van der Waals surface area contributed by atoms with Crippen LogP contribution in [0.3, 0.4) is 0 Å². The third-order valence-electron chi connectivity index (χ3n) is 2.33. The lowest BCUT2D eigenvalue weighted by molar-refractivity contribution is 0.314. The fourth-order valence-corrected chi connectivity index (χ4v) is 2.11. The molecule has 0 rings (SSSR count). The molecule has 7 heteroatoms. The fraction of sp³-hybridized carbons (Fsp3) is 0.875. The number of thiocarbonyl (C=S) groups is 1. The first-order valence-corrected chi connectivity index (χ1v) is 6.58. The Balaban J connectivity index is 4.35. The number of rotatable bonds is 6. The SMILES string of the molecule is CC(CNS(=O)(=O)C(C)C(N)=S)N(C)C. The summed E-state index contributed by atoms with van der Waals surface area (Å²) >= 11 is 4.65. The van der Waals surface area contributed by atoms with Crippen molar-refractivity contribution >= 4 is 27.2 Å². The molecule has 0 radical (unpaired) electrons. The van der Waals surface area contributed by atoms with E-state index in [0.717, 1.165) is 0 Å². The van der Waals surface area contributed by atoms with Crippen molar-refractivity contribution in [3.05, 3.63) is 0 Å². The number of hydrogen-bond donors (Lipinski definition) is 2. The Kier molecular flexibility index (Phi) is 5.65. The number of nitrogens with two attached hydrogens (primary N) is 1. The molecule has 0 heterocycles. The normalized spacial score (nSPS) is 16.3. The van der Waals surface area contributed by atoms with E-state index in [1.165, 1.54) is 6.92 Å². The molecular weight excluding hydrogens is 234 g/mol. The van der Waals surface area contributed by atoms with Gasteiger partial charge in [-0.15, -0.1) is 0 Å². The molecule has 0 aromatic heterocycles. The van der Waals surface area contributed by atoms with E-state index in [4.69, 9.17) is 5.73 Å². The molecule has 0 aromatic rings. The summed E-state index contributed by atoms with van der Waals surface area (Å²) < 4.78 is 25.7. The lowest BCUT2D eigenvalue weighted by atomic mass is 10.3. The molecule has 0 amide bonds. The highest BCUT2D eigenvalue weighted by Gasteiger charge is 2.23. The van der Waals surface area contributed by atoms with E-state index in [0.29, 0.717) is 6.54 Å². The molecule has 5 nitrogen and oxygen atoms in total. The molecule has 15 heavy (non-hydrogen) atoms. The van der Waals surface area contributed by atoms with Gasteiger partial charge in [0.05, 0.1) is 4.99 Å². The second-order valence-corrected chi connectivity index (χ2v) is 6.31. The topological polar surface area (TPSA) is 75.4 Å². The third-order valence-corrected chi connectivity index (χ3v) is 4.58. The fourth-order valence-electron chi connectivity index (χ4n) is 0.697. The van der Waals surface area contributed by atoms with Gasteiger partial charge in [-0.1, -0.05) is 12.2 Å². The van der Waals surface area contributed by atoms with E-state index in [9.17, 15) is 8.42 Å². The molecule has 0 bridgehead atoms. The molecule has 0 aliphatic rings. The van der Waals surface area contributed by atoms with E-state index in [1.54, 1.807) is 0 Å². The molecule has 2 atom stereocenters. The van der Waals surface area contributed by atoms with Crippen LogP contribution >= 0.6 is 12.2 Å². The largest absolute Gasteiger partial charge is 0.392 e. The van der Waals surface area contributed by atoms with E-state index in [-0.39, 0.29) is 11.0 Å². The van der Waals surface area contributed by atoms with Gasteiger partial charge in [0.1, 0.15) is 5.25 Å². The van der Waals surface area contributed by atoms with Gasteiger partial charge in [0.25, 0.3) is 0 Å². The highest BCUT2D eigenvalue weighted by molar-refractivity contribution is 7.93. The van der Waals surface area contributed by atoms with Crippen LogP contribution in [0, 0.1) is 0 Å². The summed E-state index contributed by atoms with van der Waals surface area (Å²) in [6, 6.07) is 0.123. The molecular formula is C8H19N3O2S2. The number of nitrogens with one attached hydrogen (secondary N) is 1. The molecule has 0 aliphatic heterocycles. The molecule has 3 N–H and O–H groups in total. The predicted octanol–water partition coefficient (Wildman–Crippen LogP) is -0.469.